The first kappa shape index (κ1) is 25.3. The van der Waals surface area contributed by atoms with Gasteiger partial charge in [0.2, 0.25) is 5.91 Å². The van der Waals surface area contributed by atoms with Crippen molar-refractivity contribution < 1.29 is 4.79 Å². The Morgan fingerprint density at radius 3 is 2.38 bits per heavy atom. The van der Waals surface area contributed by atoms with Crippen LogP contribution in [0.4, 0.5) is 0 Å². The molecule has 2 heterocycles. The molecule has 0 spiro atoms. The maximum Gasteiger partial charge on any atom is 0.223 e. The van der Waals surface area contributed by atoms with Crippen LogP contribution in [-0.2, 0) is 17.9 Å². The molecule has 1 N–H and O–H groups in total. The molecule has 4 aromatic rings. The summed E-state index contributed by atoms with van der Waals surface area (Å²) in [5, 5.41) is 4.47. The van der Waals surface area contributed by atoms with Gasteiger partial charge in [0.05, 0.1) is 0 Å². The monoisotopic (exact) mass is 493 g/mol. The third-order valence-corrected chi connectivity index (χ3v) is 8.00. The molecule has 0 radical (unpaired) electrons. The van der Waals surface area contributed by atoms with Gasteiger partial charge in [-0.15, -0.1) is 0 Å². The molecular weight excluding hydrogens is 454 g/mol. The molecule has 0 saturated heterocycles. The number of unbranched alkanes of at least 4 members (excludes halogenated alkanes) is 1. The van der Waals surface area contributed by atoms with Crippen molar-refractivity contribution in [3.63, 3.8) is 0 Å². The lowest BCUT2D eigenvalue weighted by atomic mass is 9.82. The molecule has 2 aromatic carbocycles. The van der Waals surface area contributed by atoms with E-state index in [1.807, 2.05) is 30.5 Å². The highest BCUT2D eigenvalue weighted by atomic mass is 16.1. The summed E-state index contributed by atoms with van der Waals surface area (Å²) in [5.74, 6) is 0.869. The number of pyridine rings is 1. The summed E-state index contributed by atoms with van der Waals surface area (Å²) in [6.45, 7) is 1.54. The van der Waals surface area contributed by atoms with Crippen molar-refractivity contribution in [2.45, 2.75) is 70.9 Å². The van der Waals surface area contributed by atoms with E-state index >= 15 is 0 Å². The lowest BCUT2D eigenvalue weighted by Crippen LogP contribution is -2.34. The lowest BCUT2D eigenvalue weighted by Gasteiger charge is -2.25. The SMILES string of the molecule is O=C(NCc1ccccc1)C(CCCCn1cc(-c2ccccc2)c2cccnc21)C1CCCCCC1. The first-order valence-electron chi connectivity index (χ1n) is 14.1. The first-order chi connectivity index (χ1) is 18.3. The van der Waals surface area contributed by atoms with Crippen LogP contribution in [0.1, 0.15) is 63.4 Å². The highest BCUT2D eigenvalue weighted by Gasteiger charge is 2.28. The number of aryl methyl sites for hydroxylation is 1. The molecule has 1 fully saturated rings. The molecule has 37 heavy (non-hydrogen) atoms. The van der Waals surface area contributed by atoms with Gasteiger partial charge in [0.25, 0.3) is 0 Å². The molecule has 1 atom stereocenters. The molecule has 1 saturated carbocycles. The van der Waals surface area contributed by atoms with Gasteiger partial charge in [-0.05, 0) is 54.9 Å². The average Bonchev–Trinajstić information content (AvgIpc) is 3.11. The standard InChI is InChI=1S/C33H39N3O/c37-33(35-24-26-14-5-3-6-15-26)29(27-16-7-1-2-8-17-27)20-11-12-23-36-25-31(28-18-9-4-10-19-28)30-21-13-22-34-32(30)36/h3-6,9-10,13-15,18-19,21-22,25,27,29H,1-2,7-8,11-12,16-17,20,23-24H2,(H,35,37). The van der Waals surface area contributed by atoms with E-state index in [2.05, 4.69) is 64.6 Å². The van der Waals surface area contributed by atoms with Gasteiger partial charge in [-0.1, -0.05) is 92.8 Å². The summed E-state index contributed by atoms with van der Waals surface area (Å²) in [6, 6.07) is 25.0. The Labute approximate surface area is 221 Å². The van der Waals surface area contributed by atoms with E-state index in [0.29, 0.717) is 12.5 Å². The number of fused-ring (bicyclic) bond motifs is 1. The summed E-state index contributed by atoms with van der Waals surface area (Å²) in [4.78, 5) is 18.1. The number of nitrogens with zero attached hydrogens (tertiary/aromatic N) is 2. The molecule has 1 aliphatic carbocycles. The third kappa shape index (κ3) is 6.49. The van der Waals surface area contributed by atoms with Gasteiger partial charge >= 0.3 is 0 Å². The Hall–Kier alpha value is -3.40. The van der Waals surface area contributed by atoms with Crippen LogP contribution in [0.15, 0.2) is 85.2 Å². The molecule has 1 aliphatic rings. The van der Waals surface area contributed by atoms with E-state index in [0.717, 1.165) is 37.0 Å². The summed E-state index contributed by atoms with van der Waals surface area (Å²) in [6.07, 6.45) is 14.7. The fourth-order valence-corrected chi connectivity index (χ4v) is 6.00. The zero-order valence-electron chi connectivity index (χ0n) is 21.8. The van der Waals surface area contributed by atoms with Gasteiger partial charge in [-0.25, -0.2) is 4.98 Å². The minimum Gasteiger partial charge on any atom is -0.352 e. The molecule has 0 bridgehead atoms. The first-order valence-corrected chi connectivity index (χ1v) is 14.1. The molecule has 192 valence electrons. The van der Waals surface area contributed by atoms with Crippen LogP contribution in [0.3, 0.4) is 0 Å². The van der Waals surface area contributed by atoms with Crippen molar-refractivity contribution in [1.29, 1.82) is 0 Å². The fraction of sp³-hybridized carbons (Fsp3) is 0.394. The smallest absolute Gasteiger partial charge is 0.223 e. The number of hydrogen-bond acceptors (Lipinski definition) is 2. The van der Waals surface area contributed by atoms with Gasteiger partial charge in [0.1, 0.15) is 5.65 Å². The Balaban J connectivity index is 1.24. The normalized spacial score (nSPS) is 15.4. The van der Waals surface area contributed by atoms with Gasteiger partial charge < -0.3 is 9.88 Å². The molecule has 1 amide bonds. The summed E-state index contributed by atoms with van der Waals surface area (Å²) in [7, 11) is 0. The van der Waals surface area contributed by atoms with Crippen LogP contribution in [0.2, 0.25) is 0 Å². The Kier molecular flexibility index (Phi) is 8.68. The third-order valence-electron chi connectivity index (χ3n) is 8.00. The van der Waals surface area contributed by atoms with E-state index < -0.39 is 0 Å². The second-order valence-electron chi connectivity index (χ2n) is 10.5. The lowest BCUT2D eigenvalue weighted by molar-refractivity contribution is -0.127. The second kappa shape index (κ2) is 12.7. The molecule has 2 aromatic heterocycles. The van der Waals surface area contributed by atoms with Crippen molar-refractivity contribution in [3.05, 3.63) is 90.8 Å². The molecule has 4 heteroatoms. The van der Waals surface area contributed by atoms with E-state index in [9.17, 15) is 4.79 Å². The number of hydrogen-bond donors (Lipinski definition) is 1. The Morgan fingerprint density at radius 2 is 1.62 bits per heavy atom. The van der Waals surface area contributed by atoms with Gasteiger partial charge in [-0.2, -0.15) is 0 Å². The Bertz CT molecular complexity index is 1260. The molecule has 1 unspecified atom stereocenters. The van der Waals surface area contributed by atoms with Crippen molar-refractivity contribution in [2.24, 2.45) is 11.8 Å². The van der Waals surface area contributed by atoms with Gasteiger partial charge in [0, 0.05) is 42.4 Å². The zero-order chi connectivity index (χ0) is 25.3. The predicted octanol–water partition coefficient (Wildman–Crippen LogP) is 7.78. The fourth-order valence-electron chi connectivity index (χ4n) is 6.00. The minimum atomic E-state index is 0.112. The molecule has 4 nitrogen and oxygen atoms in total. The maximum atomic E-state index is 13.4. The summed E-state index contributed by atoms with van der Waals surface area (Å²) in [5.41, 5.74) is 4.67. The second-order valence-corrected chi connectivity index (χ2v) is 10.5. The number of aromatic nitrogens is 2. The van der Waals surface area contributed by atoms with Crippen molar-refractivity contribution in [2.75, 3.05) is 0 Å². The van der Waals surface area contributed by atoms with Gasteiger partial charge in [-0.3, -0.25) is 4.79 Å². The summed E-state index contributed by atoms with van der Waals surface area (Å²) < 4.78 is 2.30. The largest absolute Gasteiger partial charge is 0.352 e. The quantitative estimate of drug-likeness (QED) is 0.181. The number of amides is 1. The summed E-state index contributed by atoms with van der Waals surface area (Å²) >= 11 is 0. The van der Waals surface area contributed by atoms with Crippen molar-refractivity contribution in [1.82, 2.24) is 14.9 Å². The van der Waals surface area contributed by atoms with Crippen molar-refractivity contribution >= 4 is 16.9 Å². The van der Waals surface area contributed by atoms with Crippen LogP contribution in [-0.4, -0.2) is 15.5 Å². The molecule has 5 rings (SSSR count). The van der Waals surface area contributed by atoms with E-state index in [1.165, 1.54) is 55.0 Å². The number of carbonyl (C=O) groups excluding carboxylic acids is 1. The van der Waals surface area contributed by atoms with Crippen LogP contribution in [0.25, 0.3) is 22.2 Å². The van der Waals surface area contributed by atoms with Crippen molar-refractivity contribution in [3.8, 4) is 11.1 Å². The number of nitrogens with one attached hydrogen (secondary N) is 1. The van der Waals surface area contributed by atoms with Crippen LogP contribution >= 0.6 is 0 Å². The zero-order valence-corrected chi connectivity index (χ0v) is 21.8. The maximum absolute atomic E-state index is 13.4. The van der Waals surface area contributed by atoms with E-state index in [1.54, 1.807) is 0 Å². The highest BCUT2D eigenvalue weighted by molar-refractivity contribution is 5.94. The minimum absolute atomic E-state index is 0.112. The number of benzene rings is 2. The van der Waals surface area contributed by atoms with E-state index in [-0.39, 0.29) is 11.8 Å². The molecular formula is C33H39N3O. The predicted molar refractivity (Wildman–Crippen MR) is 152 cm³/mol. The van der Waals surface area contributed by atoms with Crippen LogP contribution < -0.4 is 5.32 Å². The number of rotatable bonds is 10. The average molecular weight is 494 g/mol. The van der Waals surface area contributed by atoms with E-state index in [4.69, 9.17) is 4.98 Å². The highest BCUT2D eigenvalue weighted by Crippen LogP contribution is 2.33. The van der Waals surface area contributed by atoms with Crippen LogP contribution in [0, 0.1) is 11.8 Å². The topological polar surface area (TPSA) is 46.9 Å². The number of carbonyl (C=O) groups is 1. The Morgan fingerprint density at radius 1 is 0.892 bits per heavy atom. The van der Waals surface area contributed by atoms with Crippen LogP contribution in [0.5, 0.6) is 0 Å². The molecule has 0 aliphatic heterocycles. The van der Waals surface area contributed by atoms with Gasteiger partial charge in [0.15, 0.2) is 0 Å².